The van der Waals surface area contributed by atoms with Gasteiger partial charge in [0.05, 0.1) is 31.9 Å². The molecule has 1 aromatic rings. The van der Waals surface area contributed by atoms with E-state index in [-0.39, 0.29) is 24.7 Å². The van der Waals surface area contributed by atoms with Gasteiger partial charge in [-0.2, -0.15) is 0 Å². The molecule has 0 radical (unpaired) electrons. The lowest BCUT2D eigenvalue weighted by molar-refractivity contribution is -0.147. The first kappa shape index (κ1) is 16.0. The van der Waals surface area contributed by atoms with E-state index in [0.29, 0.717) is 13.2 Å². The molecule has 2 N–H and O–H groups in total. The molecule has 1 fully saturated rings. The molecule has 1 saturated heterocycles. The van der Waals surface area contributed by atoms with Crippen LogP contribution in [0, 0.1) is 0 Å². The second-order valence-corrected chi connectivity index (χ2v) is 5.03. The molecule has 0 aromatic carbocycles. The van der Waals surface area contributed by atoms with Gasteiger partial charge < -0.3 is 24.5 Å². The molecular formula is C14H18N2O6. The number of ether oxygens (including phenoxy) is 1. The molecule has 1 aromatic heterocycles. The maximum atomic E-state index is 12.4. The summed E-state index contributed by atoms with van der Waals surface area (Å²) in [6, 6.07) is 1.76. The van der Waals surface area contributed by atoms with Crippen LogP contribution in [0.4, 0.5) is 0 Å². The summed E-state index contributed by atoms with van der Waals surface area (Å²) in [7, 11) is 0. The first-order valence-electron chi connectivity index (χ1n) is 6.93. The van der Waals surface area contributed by atoms with E-state index in [4.69, 9.17) is 14.3 Å². The lowest BCUT2D eigenvalue weighted by Gasteiger charge is -2.36. The largest absolute Gasteiger partial charge is 0.481 e. The monoisotopic (exact) mass is 310 g/mol. The Morgan fingerprint density at radius 1 is 1.50 bits per heavy atom. The number of furan rings is 1. The Morgan fingerprint density at radius 2 is 2.27 bits per heavy atom. The maximum Gasteiger partial charge on any atom is 0.305 e. The number of nitrogens with zero attached hydrogens (tertiary/aromatic N) is 1. The highest BCUT2D eigenvalue weighted by molar-refractivity contribution is 5.95. The summed E-state index contributed by atoms with van der Waals surface area (Å²) in [6.45, 7) is 2.38. The van der Waals surface area contributed by atoms with E-state index in [1.54, 1.807) is 13.0 Å². The number of morpholine rings is 1. The van der Waals surface area contributed by atoms with E-state index in [9.17, 15) is 14.4 Å². The molecule has 8 nitrogen and oxygen atoms in total. The molecular weight excluding hydrogens is 292 g/mol. The minimum atomic E-state index is -0.999. The van der Waals surface area contributed by atoms with Gasteiger partial charge in [0.2, 0.25) is 5.91 Å². The highest BCUT2D eigenvalue weighted by Crippen LogP contribution is 2.13. The third-order valence-electron chi connectivity index (χ3n) is 3.38. The Bertz CT molecular complexity index is 542. The van der Waals surface area contributed by atoms with Crippen LogP contribution in [0.5, 0.6) is 0 Å². The number of carboxylic acids is 1. The Kier molecular flexibility index (Phi) is 5.16. The molecule has 0 aliphatic carbocycles. The van der Waals surface area contributed by atoms with Gasteiger partial charge in [0.1, 0.15) is 6.04 Å². The number of hydrogen-bond donors (Lipinski definition) is 2. The van der Waals surface area contributed by atoms with Crippen molar-refractivity contribution >= 4 is 17.8 Å². The lowest BCUT2D eigenvalue weighted by atomic mass is 10.1. The van der Waals surface area contributed by atoms with Crippen molar-refractivity contribution in [3.8, 4) is 0 Å². The third-order valence-corrected chi connectivity index (χ3v) is 3.38. The highest BCUT2D eigenvalue weighted by Gasteiger charge is 2.32. The number of carboxylic acid groups (broad SMARTS) is 1. The zero-order valence-electron chi connectivity index (χ0n) is 12.2. The van der Waals surface area contributed by atoms with Crippen molar-refractivity contribution in [1.82, 2.24) is 10.2 Å². The Hall–Kier alpha value is -2.35. The summed E-state index contributed by atoms with van der Waals surface area (Å²) in [5.41, 5.74) is 0. The van der Waals surface area contributed by atoms with Gasteiger partial charge >= 0.3 is 5.97 Å². The summed E-state index contributed by atoms with van der Waals surface area (Å²) in [5, 5.41) is 11.4. The lowest BCUT2D eigenvalue weighted by Crippen LogP contribution is -2.55. The second-order valence-electron chi connectivity index (χ2n) is 5.03. The van der Waals surface area contributed by atoms with Gasteiger partial charge in [0.25, 0.3) is 5.91 Å². The average molecular weight is 310 g/mol. The summed E-state index contributed by atoms with van der Waals surface area (Å²) in [6.07, 6.45) is 1.18. The summed E-state index contributed by atoms with van der Waals surface area (Å²) in [4.78, 5) is 36.6. The van der Waals surface area contributed by atoms with Crippen molar-refractivity contribution in [3.63, 3.8) is 0 Å². The van der Waals surface area contributed by atoms with E-state index in [1.807, 2.05) is 0 Å². The van der Waals surface area contributed by atoms with Crippen LogP contribution in [0.15, 0.2) is 22.8 Å². The van der Waals surface area contributed by atoms with Crippen LogP contribution in [-0.2, 0) is 14.3 Å². The van der Waals surface area contributed by atoms with Gasteiger partial charge in [-0.05, 0) is 19.1 Å². The van der Waals surface area contributed by atoms with Gasteiger partial charge in [-0.3, -0.25) is 14.4 Å². The Labute approximate surface area is 127 Å². The van der Waals surface area contributed by atoms with Crippen LogP contribution in [0.25, 0.3) is 0 Å². The van der Waals surface area contributed by atoms with E-state index in [2.05, 4.69) is 5.32 Å². The molecule has 2 unspecified atom stereocenters. The predicted molar refractivity (Wildman–Crippen MR) is 74.2 cm³/mol. The zero-order valence-corrected chi connectivity index (χ0v) is 12.2. The number of hydrogen-bond acceptors (Lipinski definition) is 5. The zero-order chi connectivity index (χ0) is 16.1. The smallest absolute Gasteiger partial charge is 0.305 e. The normalized spacial score (nSPS) is 19.5. The van der Waals surface area contributed by atoms with Crippen molar-refractivity contribution in [2.45, 2.75) is 25.4 Å². The molecule has 2 atom stereocenters. The Balaban J connectivity index is 1.98. The van der Waals surface area contributed by atoms with E-state index >= 15 is 0 Å². The molecule has 1 aliphatic heterocycles. The van der Waals surface area contributed by atoms with Crippen LogP contribution < -0.4 is 5.32 Å². The van der Waals surface area contributed by atoms with Crippen LogP contribution in [-0.4, -0.2) is 59.6 Å². The van der Waals surface area contributed by atoms with Crippen LogP contribution in [0.1, 0.15) is 23.9 Å². The second kappa shape index (κ2) is 7.08. The number of rotatable bonds is 5. The fraction of sp³-hybridized carbons (Fsp3) is 0.500. The quantitative estimate of drug-likeness (QED) is 0.798. The molecule has 8 heteroatoms. The van der Waals surface area contributed by atoms with Crippen LogP contribution in [0.3, 0.4) is 0 Å². The van der Waals surface area contributed by atoms with Crippen molar-refractivity contribution in [2.24, 2.45) is 0 Å². The number of amides is 2. The van der Waals surface area contributed by atoms with E-state index < -0.39 is 24.0 Å². The maximum absolute atomic E-state index is 12.4. The van der Waals surface area contributed by atoms with Gasteiger partial charge in [0.15, 0.2) is 5.76 Å². The molecule has 2 heterocycles. The average Bonchev–Trinajstić information content (AvgIpc) is 3.00. The van der Waals surface area contributed by atoms with Crippen LogP contribution >= 0.6 is 0 Å². The summed E-state index contributed by atoms with van der Waals surface area (Å²) in [5.74, 6) is -1.72. The molecule has 2 amide bonds. The van der Waals surface area contributed by atoms with Gasteiger partial charge in [0, 0.05) is 6.54 Å². The predicted octanol–water partition coefficient (Wildman–Crippen LogP) is 0.100. The van der Waals surface area contributed by atoms with Gasteiger partial charge in [-0.15, -0.1) is 0 Å². The molecule has 0 spiro atoms. The highest BCUT2D eigenvalue weighted by atomic mass is 16.5. The van der Waals surface area contributed by atoms with E-state index in [0.717, 1.165) is 0 Å². The number of carbonyl (C=O) groups is 3. The fourth-order valence-electron chi connectivity index (χ4n) is 2.30. The number of carbonyl (C=O) groups excluding carboxylic acids is 2. The fourth-order valence-corrected chi connectivity index (χ4v) is 2.30. The number of nitrogens with one attached hydrogen (secondary N) is 1. The molecule has 0 saturated carbocycles. The topological polar surface area (TPSA) is 109 Å². The molecule has 120 valence electrons. The Morgan fingerprint density at radius 3 is 2.91 bits per heavy atom. The molecule has 22 heavy (non-hydrogen) atoms. The summed E-state index contributed by atoms with van der Waals surface area (Å²) < 4.78 is 10.2. The third kappa shape index (κ3) is 3.85. The SMILES string of the molecule is CC(NC(=O)c1ccco1)C(=O)N1CCOCC1CC(=O)O. The minimum absolute atomic E-state index is 0.115. The van der Waals surface area contributed by atoms with Crippen LogP contribution in [0.2, 0.25) is 0 Å². The first-order valence-corrected chi connectivity index (χ1v) is 6.93. The summed E-state index contributed by atoms with van der Waals surface area (Å²) >= 11 is 0. The van der Waals surface area contributed by atoms with Crippen molar-refractivity contribution in [2.75, 3.05) is 19.8 Å². The van der Waals surface area contributed by atoms with Crippen molar-refractivity contribution < 1.29 is 28.6 Å². The van der Waals surface area contributed by atoms with Crippen molar-refractivity contribution in [3.05, 3.63) is 24.2 Å². The van der Waals surface area contributed by atoms with Gasteiger partial charge in [-0.1, -0.05) is 0 Å². The first-order chi connectivity index (χ1) is 10.5. The standard InChI is InChI=1S/C14H18N2O6/c1-9(15-13(19)11-3-2-5-22-11)14(20)16-4-6-21-8-10(16)7-12(17)18/h2-3,5,9-10H,4,6-8H2,1H3,(H,15,19)(H,17,18). The number of aliphatic carboxylic acids is 1. The van der Waals surface area contributed by atoms with Gasteiger partial charge in [-0.25, -0.2) is 0 Å². The molecule has 0 bridgehead atoms. The minimum Gasteiger partial charge on any atom is -0.481 e. The molecule has 2 rings (SSSR count). The molecule has 1 aliphatic rings. The van der Waals surface area contributed by atoms with E-state index in [1.165, 1.54) is 17.2 Å². The van der Waals surface area contributed by atoms with Crippen molar-refractivity contribution in [1.29, 1.82) is 0 Å².